The van der Waals surface area contributed by atoms with Gasteiger partial charge in [0.25, 0.3) is 0 Å². The second-order valence-corrected chi connectivity index (χ2v) is 4.73. The van der Waals surface area contributed by atoms with E-state index >= 15 is 0 Å². The molecule has 0 saturated carbocycles. The van der Waals surface area contributed by atoms with Crippen LogP contribution >= 0.6 is 11.8 Å². The van der Waals surface area contributed by atoms with Gasteiger partial charge in [0.15, 0.2) is 0 Å². The van der Waals surface area contributed by atoms with E-state index in [1.807, 2.05) is 11.8 Å². The number of nitrogens with one attached hydrogen (secondary N) is 1. The van der Waals surface area contributed by atoms with Crippen molar-refractivity contribution in [2.45, 2.75) is 39.3 Å². The highest BCUT2D eigenvalue weighted by Gasteiger charge is 2.06. The molecule has 0 amide bonds. The Morgan fingerprint density at radius 3 is 2.54 bits per heavy atom. The fraction of sp³-hybridized carbons (Fsp3) is 1.00. The Balaban J connectivity index is 3.35. The Labute approximate surface area is 86.8 Å². The fourth-order valence-electron chi connectivity index (χ4n) is 1.21. The van der Waals surface area contributed by atoms with Gasteiger partial charge in [0.05, 0.1) is 0 Å². The molecule has 2 nitrogen and oxygen atoms in total. The Morgan fingerprint density at radius 1 is 1.31 bits per heavy atom. The molecule has 80 valence electrons. The number of thioether (sulfide) groups is 1. The maximum atomic E-state index is 5.03. The molecule has 0 spiro atoms. The molecule has 0 fully saturated rings. The van der Waals surface area contributed by atoms with Crippen molar-refractivity contribution in [3.05, 3.63) is 0 Å². The summed E-state index contributed by atoms with van der Waals surface area (Å²) < 4.78 is 5.03. The van der Waals surface area contributed by atoms with E-state index in [1.54, 1.807) is 7.11 Å². The van der Waals surface area contributed by atoms with Gasteiger partial charge in [0.2, 0.25) is 0 Å². The molecule has 0 heterocycles. The molecule has 1 N–H and O–H groups in total. The van der Waals surface area contributed by atoms with Crippen LogP contribution < -0.4 is 5.32 Å². The van der Waals surface area contributed by atoms with Gasteiger partial charge in [-0.15, -0.1) is 0 Å². The summed E-state index contributed by atoms with van der Waals surface area (Å²) in [6.45, 7) is 7.51. The quantitative estimate of drug-likeness (QED) is 0.656. The van der Waals surface area contributed by atoms with E-state index in [0.717, 1.165) is 13.0 Å². The zero-order valence-electron chi connectivity index (χ0n) is 9.30. The molecule has 0 rings (SSSR count). The van der Waals surface area contributed by atoms with Crippen LogP contribution in [0.2, 0.25) is 0 Å². The summed E-state index contributed by atoms with van der Waals surface area (Å²) in [5.74, 6) is 2.41. The van der Waals surface area contributed by atoms with Crippen molar-refractivity contribution in [2.24, 2.45) is 0 Å². The van der Waals surface area contributed by atoms with Gasteiger partial charge >= 0.3 is 0 Å². The van der Waals surface area contributed by atoms with Crippen molar-refractivity contribution in [1.82, 2.24) is 5.32 Å². The summed E-state index contributed by atoms with van der Waals surface area (Å²) >= 11 is 1.99. The Bertz CT molecular complexity index is 99.1. The van der Waals surface area contributed by atoms with Crippen molar-refractivity contribution >= 4 is 11.8 Å². The van der Waals surface area contributed by atoms with Crippen LogP contribution in [0.15, 0.2) is 0 Å². The molecule has 0 aliphatic rings. The molecular formula is C10H23NOS. The largest absolute Gasteiger partial charge is 0.385 e. The number of methoxy groups -OCH3 is 1. The van der Waals surface area contributed by atoms with Gasteiger partial charge in [-0.05, 0) is 26.0 Å². The van der Waals surface area contributed by atoms with Crippen molar-refractivity contribution in [3.8, 4) is 0 Å². The van der Waals surface area contributed by atoms with Gasteiger partial charge in [0.1, 0.15) is 0 Å². The summed E-state index contributed by atoms with van der Waals surface area (Å²) in [5.41, 5.74) is 0. The normalized spacial score (nSPS) is 15.7. The summed E-state index contributed by atoms with van der Waals surface area (Å²) in [6, 6.07) is 1.17. The van der Waals surface area contributed by atoms with Crippen molar-refractivity contribution < 1.29 is 4.74 Å². The highest BCUT2D eigenvalue weighted by atomic mass is 32.2. The van der Waals surface area contributed by atoms with Gasteiger partial charge in [-0.1, -0.05) is 6.92 Å². The van der Waals surface area contributed by atoms with Crippen LogP contribution in [0.1, 0.15) is 27.2 Å². The van der Waals surface area contributed by atoms with E-state index in [9.17, 15) is 0 Å². The SMILES string of the molecule is CCSCC(C)NC(C)CCOC. The molecular weight excluding hydrogens is 182 g/mol. The van der Waals surface area contributed by atoms with Crippen molar-refractivity contribution in [1.29, 1.82) is 0 Å². The number of hydrogen-bond acceptors (Lipinski definition) is 3. The highest BCUT2D eigenvalue weighted by Crippen LogP contribution is 2.03. The maximum Gasteiger partial charge on any atom is 0.0476 e. The lowest BCUT2D eigenvalue weighted by atomic mass is 10.2. The van der Waals surface area contributed by atoms with Gasteiger partial charge in [-0.2, -0.15) is 11.8 Å². The van der Waals surface area contributed by atoms with Gasteiger partial charge < -0.3 is 10.1 Å². The molecule has 0 bridgehead atoms. The predicted octanol–water partition coefficient (Wildman–Crippen LogP) is 2.14. The third-order valence-corrected chi connectivity index (χ3v) is 3.04. The summed E-state index contributed by atoms with van der Waals surface area (Å²) in [5, 5.41) is 3.55. The first-order valence-electron chi connectivity index (χ1n) is 5.03. The van der Waals surface area contributed by atoms with Crippen LogP contribution in [-0.2, 0) is 4.74 Å². The van der Waals surface area contributed by atoms with E-state index in [0.29, 0.717) is 12.1 Å². The van der Waals surface area contributed by atoms with E-state index in [-0.39, 0.29) is 0 Å². The lowest BCUT2D eigenvalue weighted by molar-refractivity contribution is 0.183. The summed E-state index contributed by atoms with van der Waals surface area (Å²) in [6.07, 6.45) is 1.09. The molecule has 0 aliphatic heterocycles. The van der Waals surface area contributed by atoms with E-state index in [4.69, 9.17) is 4.74 Å². The van der Waals surface area contributed by atoms with Crippen molar-refractivity contribution in [2.75, 3.05) is 25.2 Å². The smallest absolute Gasteiger partial charge is 0.0476 e. The van der Waals surface area contributed by atoms with Crippen LogP contribution in [0.5, 0.6) is 0 Å². The molecule has 0 aliphatic carbocycles. The summed E-state index contributed by atoms with van der Waals surface area (Å²) in [4.78, 5) is 0. The summed E-state index contributed by atoms with van der Waals surface area (Å²) in [7, 11) is 1.75. The van der Waals surface area contributed by atoms with E-state index in [2.05, 4.69) is 26.1 Å². The van der Waals surface area contributed by atoms with Gasteiger partial charge in [0, 0.05) is 31.6 Å². The first kappa shape index (κ1) is 13.3. The zero-order valence-corrected chi connectivity index (χ0v) is 10.1. The average molecular weight is 205 g/mol. The molecule has 0 aromatic heterocycles. The Hall–Kier alpha value is 0.270. The number of hydrogen-bond donors (Lipinski definition) is 1. The van der Waals surface area contributed by atoms with Gasteiger partial charge in [-0.25, -0.2) is 0 Å². The number of ether oxygens (including phenoxy) is 1. The minimum atomic E-state index is 0.562. The van der Waals surface area contributed by atoms with E-state index in [1.165, 1.54) is 11.5 Å². The molecule has 0 saturated heterocycles. The van der Waals surface area contributed by atoms with Crippen LogP contribution in [-0.4, -0.2) is 37.3 Å². The fourth-order valence-corrected chi connectivity index (χ4v) is 1.89. The maximum absolute atomic E-state index is 5.03. The minimum absolute atomic E-state index is 0.562. The van der Waals surface area contributed by atoms with E-state index < -0.39 is 0 Å². The highest BCUT2D eigenvalue weighted by molar-refractivity contribution is 7.99. The van der Waals surface area contributed by atoms with Crippen LogP contribution in [0.4, 0.5) is 0 Å². The molecule has 0 radical (unpaired) electrons. The third kappa shape index (κ3) is 8.60. The lowest BCUT2D eigenvalue weighted by Gasteiger charge is -2.19. The van der Waals surface area contributed by atoms with Crippen LogP contribution in [0.25, 0.3) is 0 Å². The first-order chi connectivity index (χ1) is 6.20. The minimum Gasteiger partial charge on any atom is -0.385 e. The Kier molecular flexibility index (Phi) is 9.03. The molecule has 0 aromatic carbocycles. The van der Waals surface area contributed by atoms with Crippen LogP contribution in [0, 0.1) is 0 Å². The molecule has 3 heteroatoms. The first-order valence-corrected chi connectivity index (χ1v) is 6.18. The van der Waals surface area contributed by atoms with Crippen LogP contribution in [0.3, 0.4) is 0 Å². The standard InChI is InChI=1S/C10H23NOS/c1-5-13-8-10(3)11-9(2)6-7-12-4/h9-11H,5-8H2,1-4H3. The second kappa shape index (κ2) is 8.85. The average Bonchev–Trinajstić information content (AvgIpc) is 2.11. The predicted molar refractivity (Wildman–Crippen MR) is 61.6 cm³/mol. The number of rotatable bonds is 8. The monoisotopic (exact) mass is 205 g/mol. The molecule has 0 aromatic rings. The van der Waals surface area contributed by atoms with Crippen molar-refractivity contribution in [3.63, 3.8) is 0 Å². The molecule has 13 heavy (non-hydrogen) atoms. The molecule has 2 atom stereocenters. The second-order valence-electron chi connectivity index (χ2n) is 3.41. The lowest BCUT2D eigenvalue weighted by Crippen LogP contribution is -2.36. The molecule has 2 unspecified atom stereocenters. The van der Waals surface area contributed by atoms with Gasteiger partial charge in [-0.3, -0.25) is 0 Å². The zero-order chi connectivity index (χ0) is 10.1. The topological polar surface area (TPSA) is 21.3 Å². The third-order valence-electron chi connectivity index (χ3n) is 1.90. The Morgan fingerprint density at radius 2 is 2.00 bits per heavy atom.